The number of ether oxygens (including phenoxy) is 2. The molecule has 0 radical (unpaired) electrons. The number of pyridine rings is 1. The Kier molecular flexibility index (Phi) is 12.1. The van der Waals surface area contributed by atoms with Gasteiger partial charge in [-0.15, -0.1) is 0 Å². The molecule has 2 aliphatic carbocycles. The van der Waals surface area contributed by atoms with Crippen LogP contribution in [0, 0.1) is 12.8 Å². The Morgan fingerprint density at radius 3 is 2.58 bits per heavy atom. The van der Waals surface area contributed by atoms with Crippen LogP contribution in [-0.2, 0) is 35.6 Å². The maximum Gasteiger partial charge on any atom is 0.407 e. The number of hydrogen-bond acceptors (Lipinski definition) is 9. The number of alkyl carbamates (subject to hydrolysis) is 1. The number of halogens is 1. The van der Waals surface area contributed by atoms with Crippen molar-refractivity contribution in [2.75, 3.05) is 19.7 Å². The molecule has 4 amide bonds. The Bertz CT molecular complexity index is 1970. The van der Waals surface area contributed by atoms with Gasteiger partial charge < -0.3 is 25.0 Å². The summed E-state index contributed by atoms with van der Waals surface area (Å²) in [5.74, 6) is -1.06. The molecular formula is C40H54ClN5O8S. The largest absolute Gasteiger partial charge is 0.483 e. The Morgan fingerprint density at radius 2 is 1.89 bits per heavy atom. The fourth-order valence-electron chi connectivity index (χ4n) is 7.52. The van der Waals surface area contributed by atoms with Gasteiger partial charge in [-0.3, -0.25) is 19.1 Å². The van der Waals surface area contributed by atoms with Gasteiger partial charge in [-0.05, 0) is 102 Å². The van der Waals surface area contributed by atoms with E-state index in [9.17, 15) is 27.6 Å². The topological polar surface area (TPSA) is 173 Å². The third kappa shape index (κ3) is 9.06. The van der Waals surface area contributed by atoms with Crippen LogP contribution in [0.25, 0.3) is 10.9 Å². The van der Waals surface area contributed by atoms with Gasteiger partial charge in [0.1, 0.15) is 29.5 Å². The predicted octanol–water partition coefficient (Wildman–Crippen LogP) is 5.79. The van der Waals surface area contributed by atoms with E-state index in [4.69, 9.17) is 26.1 Å². The SMILES string of the molecule is CCCCCC=CCC(CC)(NC(=O)C1CC2(CCc3c(c(C)nc4ccc(Cl)cc34)O2)CN1C(=O)CNC(=O)OCC1CC1)C(=O)NS(=O)(=O)C1(C)CC1. The van der Waals surface area contributed by atoms with Crippen molar-refractivity contribution < 1.29 is 37.1 Å². The molecule has 2 saturated carbocycles. The van der Waals surface area contributed by atoms with E-state index in [0.29, 0.717) is 48.1 Å². The minimum Gasteiger partial charge on any atom is -0.483 e. The minimum atomic E-state index is -4.02. The number of unbranched alkanes of at least 4 members (excludes halogenated alkanes) is 3. The molecule has 3 N–H and O–H groups in total. The van der Waals surface area contributed by atoms with E-state index in [1.54, 1.807) is 19.9 Å². The molecule has 1 saturated heterocycles. The van der Waals surface area contributed by atoms with Crippen molar-refractivity contribution in [1.82, 2.24) is 25.2 Å². The van der Waals surface area contributed by atoms with E-state index < -0.39 is 62.3 Å². The molecule has 1 aromatic heterocycles. The van der Waals surface area contributed by atoms with Crippen molar-refractivity contribution >= 4 is 56.3 Å². The summed E-state index contributed by atoms with van der Waals surface area (Å²) in [7, 11) is -4.02. The monoisotopic (exact) mass is 799 g/mol. The van der Waals surface area contributed by atoms with Gasteiger partial charge >= 0.3 is 6.09 Å². The number of carbonyl (C=O) groups excluding carboxylic acids is 4. The lowest BCUT2D eigenvalue weighted by Gasteiger charge is -2.36. The number of sulfonamides is 1. The first kappa shape index (κ1) is 40.7. The first-order chi connectivity index (χ1) is 26.1. The van der Waals surface area contributed by atoms with Crippen LogP contribution < -0.4 is 20.1 Å². The van der Waals surface area contributed by atoms with Crippen LogP contribution >= 0.6 is 11.6 Å². The summed E-state index contributed by atoms with van der Waals surface area (Å²) in [5, 5.41) is 6.90. The molecule has 15 heteroatoms. The van der Waals surface area contributed by atoms with E-state index in [1.165, 1.54) is 4.90 Å². The quantitative estimate of drug-likeness (QED) is 0.140. The molecule has 3 heterocycles. The zero-order valence-corrected chi connectivity index (χ0v) is 33.9. The van der Waals surface area contributed by atoms with E-state index >= 15 is 0 Å². The zero-order chi connectivity index (χ0) is 39.6. The Hall–Kier alpha value is -3.91. The summed E-state index contributed by atoms with van der Waals surface area (Å²) in [6.07, 6.45) is 11.0. The molecule has 3 fully saturated rings. The average molecular weight is 800 g/mol. The molecule has 6 rings (SSSR count). The molecule has 1 aromatic carbocycles. The number of benzene rings is 1. The van der Waals surface area contributed by atoms with Crippen LogP contribution in [0.1, 0.15) is 109 Å². The van der Waals surface area contributed by atoms with Gasteiger partial charge in [0.2, 0.25) is 21.8 Å². The summed E-state index contributed by atoms with van der Waals surface area (Å²) in [5.41, 5.74) is -0.236. The predicted molar refractivity (Wildman–Crippen MR) is 209 cm³/mol. The number of aryl methyl sites for hydroxylation is 2. The fraction of sp³-hybridized carbons (Fsp3) is 0.625. The van der Waals surface area contributed by atoms with Gasteiger partial charge in [0, 0.05) is 22.4 Å². The van der Waals surface area contributed by atoms with Crippen LogP contribution in [0.3, 0.4) is 0 Å². The molecule has 13 nitrogen and oxygen atoms in total. The van der Waals surface area contributed by atoms with E-state index in [1.807, 2.05) is 31.2 Å². The summed E-state index contributed by atoms with van der Waals surface area (Å²) < 4.78 is 39.8. The molecule has 3 atom stereocenters. The normalized spacial score (nSPS) is 22.5. The van der Waals surface area contributed by atoms with Crippen molar-refractivity contribution in [3.63, 3.8) is 0 Å². The Balaban J connectivity index is 1.28. The summed E-state index contributed by atoms with van der Waals surface area (Å²) in [6, 6.07) is 4.40. The standard InChI is InChI=1S/C40H54ClN5O8S/c1-5-7-8-9-10-11-17-40(6-2,36(49)45-55(51,52)38(4)19-20-38)44-35(48)32-22-39(25-46(32)33(47)23-42-37(50)53-24-27-12-13-27)18-16-29-30-21-28(41)14-15-31(30)43-26(3)34(29)54-39/h10-11,14-15,21,27,32H,5-9,12-13,16-20,22-25H2,1-4H3,(H,42,50)(H,44,48)(H,45,49). The van der Waals surface area contributed by atoms with Crippen molar-refractivity contribution in [2.45, 2.75) is 133 Å². The molecule has 4 aliphatic rings. The minimum absolute atomic E-state index is 0.0323. The zero-order valence-electron chi connectivity index (χ0n) is 32.3. The number of likely N-dealkylation sites (tertiary alicyclic amines) is 1. The summed E-state index contributed by atoms with van der Waals surface area (Å²) in [4.78, 5) is 61.3. The number of allylic oxidation sites excluding steroid dienone is 1. The number of nitrogens with zero attached hydrogens (tertiary/aromatic N) is 2. The summed E-state index contributed by atoms with van der Waals surface area (Å²) >= 11 is 6.37. The molecule has 2 aromatic rings. The number of hydrogen-bond donors (Lipinski definition) is 3. The first-order valence-corrected chi connectivity index (χ1v) is 21.5. The van der Waals surface area contributed by atoms with Gasteiger partial charge in [-0.2, -0.15) is 0 Å². The lowest BCUT2D eigenvalue weighted by atomic mass is 9.86. The van der Waals surface area contributed by atoms with Crippen molar-refractivity contribution in [2.24, 2.45) is 5.92 Å². The van der Waals surface area contributed by atoms with Gasteiger partial charge in [0.15, 0.2) is 0 Å². The number of aromatic nitrogens is 1. The van der Waals surface area contributed by atoms with Crippen LogP contribution in [0.15, 0.2) is 30.4 Å². The number of nitrogens with one attached hydrogen (secondary N) is 3. The van der Waals surface area contributed by atoms with E-state index in [-0.39, 0.29) is 32.4 Å². The van der Waals surface area contributed by atoms with E-state index in [0.717, 1.165) is 55.0 Å². The fourth-order valence-corrected chi connectivity index (χ4v) is 9.01. The molecule has 1 spiro atoms. The van der Waals surface area contributed by atoms with Crippen molar-refractivity contribution in [3.8, 4) is 5.75 Å². The molecule has 3 unspecified atom stereocenters. The highest BCUT2D eigenvalue weighted by molar-refractivity contribution is 7.91. The second kappa shape index (κ2) is 16.3. The second-order valence-corrected chi connectivity index (χ2v) is 18.7. The first-order valence-electron chi connectivity index (χ1n) is 19.7. The highest BCUT2D eigenvalue weighted by Gasteiger charge is 2.55. The molecule has 300 valence electrons. The van der Waals surface area contributed by atoms with Gasteiger partial charge in [-0.1, -0.05) is 50.4 Å². The molecule has 55 heavy (non-hydrogen) atoms. The average Bonchev–Trinajstić information content (AvgIpc) is 4.09. The van der Waals surface area contributed by atoms with Gasteiger partial charge in [0.05, 0.1) is 29.1 Å². The van der Waals surface area contributed by atoms with Crippen LogP contribution in [0.4, 0.5) is 4.79 Å². The molecule has 2 aliphatic heterocycles. The van der Waals surface area contributed by atoms with Crippen molar-refractivity contribution in [3.05, 3.63) is 46.6 Å². The highest BCUT2D eigenvalue weighted by Crippen LogP contribution is 2.45. The number of amides is 4. The lowest BCUT2D eigenvalue weighted by molar-refractivity contribution is -0.140. The number of fused-ring (bicyclic) bond motifs is 3. The molecular weight excluding hydrogens is 746 g/mol. The smallest absolute Gasteiger partial charge is 0.407 e. The third-order valence-electron chi connectivity index (χ3n) is 11.7. The summed E-state index contributed by atoms with van der Waals surface area (Å²) in [6.45, 7) is 7.17. The molecule has 0 bridgehead atoms. The van der Waals surface area contributed by atoms with Crippen LogP contribution in [0.5, 0.6) is 5.75 Å². The maximum atomic E-state index is 14.6. The maximum absolute atomic E-state index is 14.6. The number of rotatable bonds is 16. The lowest BCUT2D eigenvalue weighted by Crippen LogP contribution is -2.63. The third-order valence-corrected chi connectivity index (χ3v) is 14.1. The van der Waals surface area contributed by atoms with E-state index in [2.05, 4.69) is 22.3 Å². The van der Waals surface area contributed by atoms with Crippen molar-refractivity contribution in [1.29, 1.82) is 0 Å². The van der Waals surface area contributed by atoms with Gasteiger partial charge in [0.25, 0.3) is 5.91 Å². The van der Waals surface area contributed by atoms with Gasteiger partial charge in [-0.25, -0.2) is 18.2 Å². The van der Waals surface area contributed by atoms with Crippen LogP contribution in [-0.4, -0.2) is 83.7 Å². The highest BCUT2D eigenvalue weighted by atomic mass is 35.5. The second-order valence-electron chi connectivity index (χ2n) is 16.1. The Morgan fingerprint density at radius 1 is 1.13 bits per heavy atom. The van der Waals surface area contributed by atoms with Crippen LogP contribution in [0.2, 0.25) is 5.02 Å². The Labute approximate surface area is 328 Å². The number of carbonyl (C=O) groups is 4.